The minimum Gasteiger partial charge on any atom is -0.357 e. The zero-order valence-corrected chi connectivity index (χ0v) is 17.2. The SMILES string of the molecule is CCNC(=NCC(C)N(C)Cc1ccccc1)NCCc1ccc(Cl)nc1. The number of hydrogen-bond acceptors (Lipinski definition) is 3. The Morgan fingerprint density at radius 2 is 1.93 bits per heavy atom. The van der Waals surface area contributed by atoms with Crippen LogP contribution in [-0.4, -0.2) is 48.6 Å². The maximum absolute atomic E-state index is 5.82. The maximum atomic E-state index is 5.82. The lowest BCUT2D eigenvalue weighted by Gasteiger charge is -2.24. The largest absolute Gasteiger partial charge is 0.357 e. The van der Waals surface area contributed by atoms with Gasteiger partial charge in [-0.15, -0.1) is 0 Å². The summed E-state index contributed by atoms with van der Waals surface area (Å²) in [4.78, 5) is 11.2. The highest BCUT2D eigenvalue weighted by atomic mass is 35.5. The van der Waals surface area contributed by atoms with Crippen LogP contribution in [-0.2, 0) is 13.0 Å². The summed E-state index contributed by atoms with van der Waals surface area (Å²) in [6.07, 6.45) is 2.69. The summed E-state index contributed by atoms with van der Waals surface area (Å²) in [6, 6.07) is 14.7. The maximum Gasteiger partial charge on any atom is 0.191 e. The molecule has 27 heavy (non-hydrogen) atoms. The molecule has 1 heterocycles. The van der Waals surface area contributed by atoms with Crippen molar-refractivity contribution in [3.63, 3.8) is 0 Å². The van der Waals surface area contributed by atoms with Gasteiger partial charge in [0.25, 0.3) is 0 Å². The fraction of sp³-hybridized carbons (Fsp3) is 0.429. The first-order valence-electron chi connectivity index (χ1n) is 9.45. The fourth-order valence-corrected chi connectivity index (χ4v) is 2.72. The molecule has 1 aromatic heterocycles. The number of pyridine rings is 1. The Morgan fingerprint density at radius 3 is 2.59 bits per heavy atom. The average molecular weight is 388 g/mol. The third-order valence-corrected chi connectivity index (χ3v) is 4.60. The molecule has 0 fully saturated rings. The first-order chi connectivity index (χ1) is 13.1. The molecule has 2 N–H and O–H groups in total. The summed E-state index contributed by atoms with van der Waals surface area (Å²) in [5.41, 5.74) is 2.47. The van der Waals surface area contributed by atoms with E-state index in [1.807, 2.05) is 24.4 Å². The minimum absolute atomic E-state index is 0.348. The van der Waals surface area contributed by atoms with Gasteiger partial charge < -0.3 is 10.6 Å². The van der Waals surface area contributed by atoms with Crippen molar-refractivity contribution >= 4 is 17.6 Å². The van der Waals surface area contributed by atoms with E-state index in [4.69, 9.17) is 16.6 Å². The topological polar surface area (TPSA) is 52.6 Å². The van der Waals surface area contributed by atoms with E-state index < -0.39 is 0 Å². The van der Waals surface area contributed by atoms with Gasteiger partial charge >= 0.3 is 0 Å². The lowest BCUT2D eigenvalue weighted by molar-refractivity contribution is 0.255. The molecule has 0 aliphatic heterocycles. The highest BCUT2D eigenvalue weighted by Gasteiger charge is 2.09. The van der Waals surface area contributed by atoms with E-state index in [0.29, 0.717) is 11.2 Å². The molecule has 1 unspecified atom stereocenters. The number of benzene rings is 1. The van der Waals surface area contributed by atoms with Gasteiger partial charge in [0.2, 0.25) is 0 Å². The van der Waals surface area contributed by atoms with Crippen molar-refractivity contribution in [1.29, 1.82) is 0 Å². The van der Waals surface area contributed by atoms with Crippen molar-refractivity contribution in [2.75, 3.05) is 26.7 Å². The summed E-state index contributed by atoms with van der Waals surface area (Å²) < 4.78 is 0. The van der Waals surface area contributed by atoms with Crippen molar-refractivity contribution < 1.29 is 0 Å². The van der Waals surface area contributed by atoms with E-state index in [1.165, 1.54) is 5.56 Å². The summed E-state index contributed by atoms with van der Waals surface area (Å²) in [5, 5.41) is 7.22. The Labute approximate surface area is 167 Å². The number of likely N-dealkylation sites (N-methyl/N-ethyl adjacent to an activating group) is 1. The Hall–Kier alpha value is -2.11. The van der Waals surface area contributed by atoms with Crippen LogP contribution in [0.1, 0.15) is 25.0 Å². The molecule has 0 bridgehead atoms. The second-order valence-electron chi connectivity index (χ2n) is 6.64. The van der Waals surface area contributed by atoms with Gasteiger partial charge in [-0.3, -0.25) is 9.89 Å². The van der Waals surface area contributed by atoms with Crippen molar-refractivity contribution in [3.05, 3.63) is 64.9 Å². The van der Waals surface area contributed by atoms with Gasteiger partial charge in [0.1, 0.15) is 5.15 Å². The molecule has 0 saturated carbocycles. The zero-order valence-electron chi connectivity index (χ0n) is 16.5. The molecule has 146 valence electrons. The average Bonchev–Trinajstić information content (AvgIpc) is 2.68. The quantitative estimate of drug-likeness (QED) is 0.393. The summed E-state index contributed by atoms with van der Waals surface area (Å²) in [6.45, 7) is 7.57. The normalized spacial score (nSPS) is 12.9. The molecule has 1 aromatic carbocycles. The Balaban J connectivity index is 1.81. The van der Waals surface area contributed by atoms with Crippen LogP contribution in [0.15, 0.2) is 53.7 Å². The highest BCUT2D eigenvalue weighted by molar-refractivity contribution is 6.29. The predicted molar refractivity (Wildman–Crippen MR) is 114 cm³/mol. The minimum atomic E-state index is 0.348. The van der Waals surface area contributed by atoms with E-state index in [0.717, 1.165) is 44.1 Å². The van der Waals surface area contributed by atoms with Crippen molar-refractivity contribution in [2.45, 2.75) is 32.9 Å². The smallest absolute Gasteiger partial charge is 0.191 e. The molecule has 5 nitrogen and oxygen atoms in total. The fourth-order valence-electron chi connectivity index (χ4n) is 2.61. The van der Waals surface area contributed by atoms with Gasteiger partial charge in [-0.2, -0.15) is 0 Å². The first kappa shape index (κ1) is 21.2. The van der Waals surface area contributed by atoms with Crippen molar-refractivity contribution in [1.82, 2.24) is 20.5 Å². The number of aromatic nitrogens is 1. The molecule has 0 radical (unpaired) electrons. The third kappa shape index (κ3) is 7.97. The van der Waals surface area contributed by atoms with Crippen LogP contribution in [0.3, 0.4) is 0 Å². The van der Waals surface area contributed by atoms with Gasteiger partial charge in [0.15, 0.2) is 5.96 Å². The van der Waals surface area contributed by atoms with Crippen LogP contribution in [0.4, 0.5) is 0 Å². The van der Waals surface area contributed by atoms with Crippen molar-refractivity contribution in [3.8, 4) is 0 Å². The van der Waals surface area contributed by atoms with E-state index in [2.05, 4.69) is 65.7 Å². The summed E-state index contributed by atoms with van der Waals surface area (Å²) in [7, 11) is 2.14. The summed E-state index contributed by atoms with van der Waals surface area (Å²) >= 11 is 5.82. The van der Waals surface area contributed by atoms with Crippen LogP contribution in [0.5, 0.6) is 0 Å². The monoisotopic (exact) mass is 387 g/mol. The molecule has 0 saturated heterocycles. The lowest BCUT2D eigenvalue weighted by atomic mass is 10.2. The molecule has 6 heteroatoms. The number of nitrogens with zero attached hydrogens (tertiary/aromatic N) is 3. The molecule has 2 rings (SSSR count). The number of aliphatic imine (C=N–C) groups is 1. The van der Waals surface area contributed by atoms with E-state index in [9.17, 15) is 0 Å². The number of hydrogen-bond donors (Lipinski definition) is 2. The standard InChI is InChI=1S/C21H30ClN5/c1-4-23-21(24-13-12-18-10-11-20(22)25-15-18)26-14-17(2)27(3)16-19-8-6-5-7-9-19/h5-11,15,17H,4,12-14,16H2,1-3H3,(H2,23,24,26). The zero-order chi connectivity index (χ0) is 19.5. The second kappa shape index (κ2) is 11.6. The number of guanidine groups is 1. The Kier molecular flexibility index (Phi) is 9.08. The van der Waals surface area contributed by atoms with Gasteiger partial charge in [0, 0.05) is 31.9 Å². The number of nitrogens with one attached hydrogen (secondary N) is 2. The molecular formula is C21H30ClN5. The number of rotatable bonds is 9. The van der Waals surface area contributed by atoms with Gasteiger partial charge in [-0.1, -0.05) is 48.0 Å². The molecule has 0 spiro atoms. The van der Waals surface area contributed by atoms with Gasteiger partial charge in [0.05, 0.1) is 6.54 Å². The Bertz CT molecular complexity index is 687. The van der Waals surface area contributed by atoms with E-state index >= 15 is 0 Å². The lowest BCUT2D eigenvalue weighted by Crippen LogP contribution is -2.40. The van der Waals surface area contributed by atoms with Crippen LogP contribution in [0.25, 0.3) is 0 Å². The summed E-state index contributed by atoms with van der Waals surface area (Å²) in [5.74, 6) is 0.847. The molecule has 0 aliphatic rings. The first-order valence-corrected chi connectivity index (χ1v) is 9.83. The second-order valence-corrected chi connectivity index (χ2v) is 7.02. The van der Waals surface area contributed by atoms with E-state index in [-0.39, 0.29) is 0 Å². The predicted octanol–water partition coefficient (Wildman–Crippen LogP) is 3.35. The van der Waals surface area contributed by atoms with Gasteiger partial charge in [-0.25, -0.2) is 4.98 Å². The molecule has 0 amide bonds. The van der Waals surface area contributed by atoms with Crippen LogP contribution < -0.4 is 10.6 Å². The number of halogens is 1. The van der Waals surface area contributed by atoms with Gasteiger partial charge in [-0.05, 0) is 44.5 Å². The van der Waals surface area contributed by atoms with Crippen LogP contribution >= 0.6 is 11.6 Å². The molecule has 1 atom stereocenters. The third-order valence-electron chi connectivity index (χ3n) is 4.38. The highest BCUT2D eigenvalue weighted by Crippen LogP contribution is 2.07. The molecular weight excluding hydrogens is 358 g/mol. The molecule has 2 aromatic rings. The Morgan fingerprint density at radius 1 is 1.15 bits per heavy atom. The van der Waals surface area contributed by atoms with E-state index in [1.54, 1.807) is 0 Å². The van der Waals surface area contributed by atoms with Crippen molar-refractivity contribution in [2.24, 2.45) is 4.99 Å². The van der Waals surface area contributed by atoms with Crippen LogP contribution in [0, 0.1) is 0 Å². The van der Waals surface area contributed by atoms with Crippen LogP contribution in [0.2, 0.25) is 5.15 Å². The molecule has 0 aliphatic carbocycles.